The van der Waals surface area contributed by atoms with Gasteiger partial charge in [-0.05, 0) is 31.2 Å². The minimum absolute atomic E-state index is 0.0973. The van der Waals surface area contributed by atoms with E-state index in [4.69, 9.17) is 5.73 Å². The highest BCUT2D eigenvalue weighted by molar-refractivity contribution is 7.13. The number of aromatic carboxylic acids is 1. The van der Waals surface area contributed by atoms with E-state index in [2.05, 4.69) is 4.98 Å². The second-order valence-electron chi connectivity index (χ2n) is 5.62. The summed E-state index contributed by atoms with van der Waals surface area (Å²) in [5.74, 6) is -1.50. The molecule has 0 unspecified atom stereocenters. The minimum atomic E-state index is -4.61. The molecular weight excluding hydrogens is 383 g/mol. The maximum absolute atomic E-state index is 13.0. The van der Waals surface area contributed by atoms with E-state index in [-0.39, 0.29) is 22.1 Å². The number of pyridine rings is 1. The van der Waals surface area contributed by atoms with Gasteiger partial charge in [0.2, 0.25) is 0 Å². The molecule has 10 heteroatoms. The highest BCUT2D eigenvalue weighted by Gasteiger charge is 2.31. The van der Waals surface area contributed by atoms with Gasteiger partial charge in [0.1, 0.15) is 5.56 Å². The van der Waals surface area contributed by atoms with E-state index in [0.29, 0.717) is 5.69 Å². The standard InChI is InChI=1S/C17H12F3N3O3S/c1-8-11(13-7-27-16(21)22-13)6-12(15(25)26)14(24)23(8)10-4-2-3-9(5-10)17(18,19)20/h2-7H,1H3,(H2,21,22)(H,25,26). The molecule has 0 spiro atoms. The molecule has 1 aromatic carbocycles. The largest absolute Gasteiger partial charge is 0.477 e. The van der Waals surface area contributed by atoms with Crippen LogP contribution in [-0.4, -0.2) is 20.6 Å². The zero-order chi connectivity index (χ0) is 19.9. The molecule has 0 aliphatic heterocycles. The summed E-state index contributed by atoms with van der Waals surface area (Å²) in [6.45, 7) is 1.50. The Kier molecular flexibility index (Phi) is 4.52. The van der Waals surface area contributed by atoms with Crippen molar-refractivity contribution in [3.63, 3.8) is 0 Å². The molecule has 0 atom stereocenters. The van der Waals surface area contributed by atoms with Gasteiger partial charge < -0.3 is 10.8 Å². The van der Waals surface area contributed by atoms with Gasteiger partial charge in [-0.3, -0.25) is 9.36 Å². The number of hydrogen-bond donors (Lipinski definition) is 2. The summed E-state index contributed by atoms with van der Waals surface area (Å²) in [6.07, 6.45) is -4.61. The third-order valence-electron chi connectivity index (χ3n) is 3.91. The molecule has 0 saturated heterocycles. The van der Waals surface area contributed by atoms with Crippen LogP contribution < -0.4 is 11.3 Å². The quantitative estimate of drug-likeness (QED) is 0.707. The number of nitrogens with zero attached hydrogens (tertiary/aromatic N) is 2. The van der Waals surface area contributed by atoms with Gasteiger partial charge in [-0.1, -0.05) is 6.07 Å². The second-order valence-corrected chi connectivity index (χ2v) is 6.51. The van der Waals surface area contributed by atoms with E-state index in [1.165, 1.54) is 13.0 Å². The number of carboxylic acids is 1. The van der Waals surface area contributed by atoms with E-state index in [9.17, 15) is 27.9 Å². The SMILES string of the molecule is Cc1c(-c2csc(N)n2)cc(C(=O)O)c(=O)n1-c1cccc(C(F)(F)F)c1. The molecular formula is C17H12F3N3O3S. The van der Waals surface area contributed by atoms with Crippen molar-refractivity contribution in [3.05, 3.63) is 62.9 Å². The number of anilines is 1. The highest BCUT2D eigenvalue weighted by Crippen LogP contribution is 2.31. The van der Waals surface area contributed by atoms with Gasteiger partial charge in [0.25, 0.3) is 5.56 Å². The fraction of sp³-hybridized carbons (Fsp3) is 0.118. The van der Waals surface area contributed by atoms with Crippen molar-refractivity contribution < 1.29 is 23.1 Å². The van der Waals surface area contributed by atoms with Crippen LogP contribution in [0.25, 0.3) is 16.9 Å². The number of aromatic nitrogens is 2. The molecule has 0 radical (unpaired) electrons. The van der Waals surface area contributed by atoms with E-state index in [1.807, 2.05) is 0 Å². The van der Waals surface area contributed by atoms with Crippen LogP contribution in [0.4, 0.5) is 18.3 Å². The van der Waals surface area contributed by atoms with Crippen molar-refractivity contribution in [1.29, 1.82) is 0 Å². The van der Waals surface area contributed by atoms with Crippen molar-refractivity contribution in [2.45, 2.75) is 13.1 Å². The van der Waals surface area contributed by atoms with Crippen LogP contribution in [0, 0.1) is 6.92 Å². The van der Waals surface area contributed by atoms with Gasteiger partial charge in [0, 0.05) is 22.3 Å². The van der Waals surface area contributed by atoms with Crippen LogP contribution in [-0.2, 0) is 6.18 Å². The summed E-state index contributed by atoms with van der Waals surface area (Å²) >= 11 is 1.12. The third-order valence-corrected chi connectivity index (χ3v) is 4.58. The molecule has 0 bridgehead atoms. The minimum Gasteiger partial charge on any atom is -0.477 e. The first kappa shape index (κ1) is 18.6. The molecule has 27 heavy (non-hydrogen) atoms. The number of benzene rings is 1. The number of nitrogens with two attached hydrogens (primary N) is 1. The molecule has 2 aromatic heterocycles. The Bertz CT molecular complexity index is 1100. The molecule has 6 nitrogen and oxygen atoms in total. The van der Waals surface area contributed by atoms with Gasteiger partial charge >= 0.3 is 12.1 Å². The number of carbonyl (C=O) groups is 1. The number of halogens is 3. The summed E-state index contributed by atoms with van der Waals surface area (Å²) in [5.41, 5.74) is 3.90. The maximum Gasteiger partial charge on any atom is 0.416 e. The van der Waals surface area contributed by atoms with Gasteiger partial charge in [0.15, 0.2) is 5.13 Å². The predicted octanol–water partition coefficient (Wildman–Crippen LogP) is 3.57. The van der Waals surface area contributed by atoms with Crippen LogP contribution in [0.5, 0.6) is 0 Å². The Balaban J connectivity index is 2.34. The number of hydrogen-bond acceptors (Lipinski definition) is 5. The Hall–Kier alpha value is -3.14. The fourth-order valence-electron chi connectivity index (χ4n) is 2.66. The van der Waals surface area contributed by atoms with Crippen molar-refractivity contribution in [3.8, 4) is 16.9 Å². The summed E-state index contributed by atoms with van der Waals surface area (Å²) in [4.78, 5) is 28.2. The Labute approximate surface area is 154 Å². The van der Waals surface area contributed by atoms with E-state index < -0.39 is 28.8 Å². The van der Waals surface area contributed by atoms with Crippen molar-refractivity contribution >= 4 is 22.4 Å². The summed E-state index contributed by atoms with van der Waals surface area (Å²) in [6, 6.07) is 5.26. The monoisotopic (exact) mass is 395 g/mol. The molecule has 140 valence electrons. The van der Waals surface area contributed by atoms with Crippen LogP contribution in [0.3, 0.4) is 0 Å². The lowest BCUT2D eigenvalue weighted by molar-refractivity contribution is -0.137. The van der Waals surface area contributed by atoms with E-state index >= 15 is 0 Å². The van der Waals surface area contributed by atoms with Gasteiger partial charge in [-0.15, -0.1) is 11.3 Å². The highest BCUT2D eigenvalue weighted by atomic mass is 32.1. The van der Waals surface area contributed by atoms with E-state index in [1.54, 1.807) is 5.38 Å². The Morgan fingerprint density at radius 1 is 1.30 bits per heavy atom. The first-order valence-electron chi connectivity index (χ1n) is 7.48. The average molecular weight is 395 g/mol. The van der Waals surface area contributed by atoms with Crippen LogP contribution >= 0.6 is 11.3 Å². The number of carboxylic acid groups (broad SMARTS) is 1. The summed E-state index contributed by atoms with van der Waals surface area (Å²) in [5, 5.41) is 11.2. The van der Waals surface area contributed by atoms with Crippen molar-refractivity contribution in [1.82, 2.24) is 9.55 Å². The number of alkyl halides is 3. The first-order valence-corrected chi connectivity index (χ1v) is 8.36. The number of rotatable bonds is 3. The molecule has 3 rings (SSSR count). The van der Waals surface area contributed by atoms with Crippen LogP contribution in [0.1, 0.15) is 21.6 Å². The molecule has 3 N–H and O–H groups in total. The molecule has 0 aliphatic rings. The van der Waals surface area contributed by atoms with Gasteiger partial charge in [-0.25, -0.2) is 9.78 Å². The fourth-order valence-corrected chi connectivity index (χ4v) is 3.22. The molecule has 0 saturated carbocycles. The molecule has 3 aromatic rings. The van der Waals surface area contributed by atoms with Crippen LogP contribution in [0.2, 0.25) is 0 Å². The summed E-state index contributed by atoms with van der Waals surface area (Å²) in [7, 11) is 0. The molecule has 0 fully saturated rings. The lowest BCUT2D eigenvalue weighted by atomic mass is 10.1. The first-order chi connectivity index (χ1) is 12.6. The zero-order valence-corrected chi connectivity index (χ0v) is 14.6. The topological polar surface area (TPSA) is 98.2 Å². The second kappa shape index (κ2) is 6.54. The zero-order valence-electron chi connectivity index (χ0n) is 13.7. The smallest absolute Gasteiger partial charge is 0.416 e. The lowest BCUT2D eigenvalue weighted by Crippen LogP contribution is -2.27. The lowest BCUT2D eigenvalue weighted by Gasteiger charge is -2.16. The molecule has 0 amide bonds. The van der Waals surface area contributed by atoms with Gasteiger partial charge in [-0.2, -0.15) is 13.2 Å². The van der Waals surface area contributed by atoms with Crippen molar-refractivity contribution in [2.75, 3.05) is 5.73 Å². The molecule has 0 aliphatic carbocycles. The Morgan fingerprint density at radius 3 is 2.56 bits per heavy atom. The number of thiazole rings is 1. The predicted molar refractivity (Wildman–Crippen MR) is 94.3 cm³/mol. The normalized spacial score (nSPS) is 11.6. The third kappa shape index (κ3) is 3.43. The number of nitrogen functional groups attached to an aromatic ring is 1. The molecule has 2 heterocycles. The van der Waals surface area contributed by atoms with Gasteiger partial charge in [0.05, 0.1) is 11.3 Å². The maximum atomic E-state index is 13.0. The van der Waals surface area contributed by atoms with Crippen molar-refractivity contribution in [2.24, 2.45) is 0 Å². The average Bonchev–Trinajstić information content (AvgIpc) is 3.00. The summed E-state index contributed by atoms with van der Waals surface area (Å²) < 4.78 is 40.0. The van der Waals surface area contributed by atoms with E-state index in [0.717, 1.165) is 40.2 Å². The Morgan fingerprint density at radius 2 is 2.00 bits per heavy atom. The van der Waals surface area contributed by atoms with Crippen LogP contribution in [0.15, 0.2) is 40.5 Å².